The van der Waals surface area contributed by atoms with Gasteiger partial charge >= 0.3 is 6.03 Å². The number of imide groups is 1. The Morgan fingerprint density at radius 3 is 2.64 bits per heavy atom. The van der Waals surface area contributed by atoms with Crippen LogP contribution in [0.3, 0.4) is 0 Å². The van der Waals surface area contributed by atoms with Crippen LogP contribution in [0, 0.1) is 0 Å². The van der Waals surface area contributed by atoms with Gasteiger partial charge in [0.25, 0.3) is 0 Å². The van der Waals surface area contributed by atoms with E-state index in [9.17, 15) is 9.59 Å². The van der Waals surface area contributed by atoms with Crippen molar-refractivity contribution in [2.24, 2.45) is 0 Å². The van der Waals surface area contributed by atoms with Crippen LogP contribution >= 0.6 is 11.3 Å². The summed E-state index contributed by atoms with van der Waals surface area (Å²) in [6, 6.07) is 3.53. The van der Waals surface area contributed by atoms with Crippen molar-refractivity contribution < 1.29 is 9.59 Å². The summed E-state index contributed by atoms with van der Waals surface area (Å²) in [4.78, 5) is 29.1. The molecule has 0 bridgehead atoms. The number of nitrogens with one attached hydrogen (secondary N) is 2. The van der Waals surface area contributed by atoms with Gasteiger partial charge in [-0.15, -0.1) is 11.3 Å². The zero-order valence-corrected chi connectivity index (χ0v) is 14.0. The Kier molecular flexibility index (Phi) is 6.35. The monoisotopic (exact) mass is 324 g/mol. The number of rotatable bonds is 5. The van der Waals surface area contributed by atoms with E-state index in [0.29, 0.717) is 0 Å². The lowest BCUT2D eigenvalue weighted by molar-refractivity contribution is -0.125. The maximum absolute atomic E-state index is 11.9. The molecule has 2 N–H and O–H groups in total. The van der Waals surface area contributed by atoms with Crippen molar-refractivity contribution in [2.75, 3.05) is 39.8 Å². The number of hydrogen-bond donors (Lipinski definition) is 2. The quantitative estimate of drug-likeness (QED) is 0.839. The molecule has 0 radical (unpaired) electrons. The number of piperazine rings is 1. The lowest BCUT2D eigenvalue weighted by Crippen LogP contribution is -2.55. The number of thiophene rings is 1. The summed E-state index contributed by atoms with van der Waals surface area (Å²) in [5.74, 6) is -0.244. The highest BCUT2D eigenvalue weighted by molar-refractivity contribution is 7.09. The van der Waals surface area contributed by atoms with Crippen LogP contribution in [0.2, 0.25) is 0 Å². The minimum atomic E-state index is -0.452. The molecule has 6 nitrogen and oxygen atoms in total. The SMILES string of the molecule is CNC(=O)NC(=O)[C@H](C)N1CCN(CCc2cccs2)CC1. The molecule has 1 aliphatic rings. The summed E-state index contributed by atoms with van der Waals surface area (Å²) in [5, 5.41) is 6.84. The van der Waals surface area contributed by atoms with Gasteiger partial charge in [-0.3, -0.25) is 15.0 Å². The van der Waals surface area contributed by atoms with Gasteiger partial charge < -0.3 is 10.2 Å². The van der Waals surface area contributed by atoms with E-state index in [4.69, 9.17) is 0 Å². The molecule has 122 valence electrons. The molecule has 0 aliphatic carbocycles. The second kappa shape index (κ2) is 8.26. The van der Waals surface area contributed by atoms with Gasteiger partial charge in [0.15, 0.2) is 0 Å². The van der Waals surface area contributed by atoms with Crippen molar-refractivity contribution in [3.05, 3.63) is 22.4 Å². The van der Waals surface area contributed by atoms with Crippen LogP contribution in [0.1, 0.15) is 11.8 Å². The van der Waals surface area contributed by atoms with E-state index in [1.165, 1.54) is 11.9 Å². The number of carbonyl (C=O) groups is 2. The van der Waals surface area contributed by atoms with Gasteiger partial charge in [-0.1, -0.05) is 6.07 Å². The van der Waals surface area contributed by atoms with E-state index in [-0.39, 0.29) is 11.9 Å². The van der Waals surface area contributed by atoms with Crippen molar-refractivity contribution >= 4 is 23.3 Å². The highest BCUT2D eigenvalue weighted by Gasteiger charge is 2.26. The summed E-state index contributed by atoms with van der Waals surface area (Å²) >= 11 is 1.80. The fourth-order valence-electron chi connectivity index (χ4n) is 2.54. The maximum Gasteiger partial charge on any atom is 0.321 e. The lowest BCUT2D eigenvalue weighted by Gasteiger charge is -2.37. The Balaban J connectivity index is 1.71. The van der Waals surface area contributed by atoms with E-state index in [2.05, 4.69) is 37.9 Å². The average Bonchev–Trinajstić information content (AvgIpc) is 3.06. The first-order valence-electron chi connectivity index (χ1n) is 7.61. The lowest BCUT2D eigenvalue weighted by atomic mass is 10.2. The van der Waals surface area contributed by atoms with Crippen LogP contribution in [-0.4, -0.2) is 67.6 Å². The first kappa shape index (κ1) is 16.9. The average molecular weight is 324 g/mol. The molecule has 0 saturated carbocycles. The van der Waals surface area contributed by atoms with E-state index < -0.39 is 6.03 Å². The first-order chi connectivity index (χ1) is 10.6. The molecule has 0 spiro atoms. The number of urea groups is 1. The molecule has 1 saturated heterocycles. The molecule has 0 aromatic carbocycles. The summed E-state index contributed by atoms with van der Waals surface area (Å²) in [7, 11) is 1.50. The first-order valence-corrected chi connectivity index (χ1v) is 8.49. The fraction of sp³-hybridized carbons (Fsp3) is 0.600. The molecule has 1 aliphatic heterocycles. The molecule has 2 heterocycles. The van der Waals surface area contributed by atoms with Gasteiger partial charge in [0.1, 0.15) is 0 Å². The van der Waals surface area contributed by atoms with Gasteiger partial charge in [-0.05, 0) is 24.8 Å². The summed E-state index contributed by atoms with van der Waals surface area (Å²) in [6.45, 7) is 6.54. The van der Waals surface area contributed by atoms with E-state index in [1.807, 2.05) is 6.92 Å². The molecule has 22 heavy (non-hydrogen) atoms. The second-order valence-corrected chi connectivity index (χ2v) is 6.48. The van der Waals surface area contributed by atoms with Crippen molar-refractivity contribution in [2.45, 2.75) is 19.4 Å². The van der Waals surface area contributed by atoms with Crippen LogP contribution in [0.4, 0.5) is 4.79 Å². The third-order valence-corrected chi connectivity index (χ3v) is 4.99. The van der Waals surface area contributed by atoms with E-state index in [1.54, 1.807) is 11.3 Å². The molecule has 1 fully saturated rings. The Labute approximate surface area is 135 Å². The number of hydrogen-bond acceptors (Lipinski definition) is 5. The Hall–Kier alpha value is -1.44. The molecule has 1 atom stereocenters. The van der Waals surface area contributed by atoms with Gasteiger partial charge in [0.05, 0.1) is 6.04 Å². The summed E-state index contributed by atoms with van der Waals surface area (Å²) < 4.78 is 0. The highest BCUT2D eigenvalue weighted by Crippen LogP contribution is 2.12. The Morgan fingerprint density at radius 1 is 1.32 bits per heavy atom. The number of nitrogens with zero attached hydrogens (tertiary/aromatic N) is 2. The van der Waals surface area contributed by atoms with Crippen LogP contribution in [0.15, 0.2) is 17.5 Å². The van der Waals surface area contributed by atoms with Gasteiger partial charge in [-0.25, -0.2) is 4.79 Å². The van der Waals surface area contributed by atoms with Crippen LogP contribution in [0.25, 0.3) is 0 Å². The zero-order chi connectivity index (χ0) is 15.9. The third-order valence-electron chi connectivity index (χ3n) is 4.05. The highest BCUT2D eigenvalue weighted by atomic mass is 32.1. The molecular weight excluding hydrogens is 300 g/mol. The molecule has 0 unspecified atom stereocenters. The largest absolute Gasteiger partial charge is 0.341 e. The molecular formula is C15H24N4O2S. The van der Waals surface area contributed by atoms with Crippen molar-refractivity contribution in [1.82, 2.24) is 20.4 Å². The minimum absolute atomic E-state index is 0.244. The maximum atomic E-state index is 11.9. The topological polar surface area (TPSA) is 64.7 Å². The Morgan fingerprint density at radius 2 is 2.05 bits per heavy atom. The van der Waals surface area contributed by atoms with Gasteiger partial charge in [0, 0.05) is 44.6 Å². The van der Waals surface area contributed by atoms with E-state index in [0.717, 1.165) is 39.1 Å². The number of amides is 3. The smallest absolute Gasteiger partial charge is 0.321 e. The van der Waals surface area contributed by atoms with E-state index >= 15 is 0 Å². The zero-order valence-electron chi connectivity index (χ0n) is 13.2. The van der Waals surface area contributed by atoms with Crippen molar-refractivity contribution in [3.8, 4) is 0 Å². The van der Waals surface area contributed by atoms with Crippen LogP contribution < -0.4 is 10.6 Å². The van der Waals surface area contributed by atoms with Crippen molar-refractivity contribution in [3.63, 3.8) is 0 Å². The summed E-state index contributed by atoms with van der Waals surface area (Å²) in [6.07, 6.45) is 1.09. The van der Waals surface area contributed by atoms with Gasteiger partial charge in [-0.2, -0.15) is 0 Å². The number of carbonyl (C=O) groups excluding carboxylic acids is 2. The van der Waals surface area contributed by atoms with Crippen LogP contribution in [-0.2, 0) is 11.2 Å². The molecule has 2 rings (SSSR count). The Bertz CT molecular complexity index is 484. The predicted octanol–water partition coefficient (Wildman–Crippen LogP) is 0.752. The van der Waals surface area contributed by atoms with Gasteiger partial charge in [0.2, 0.25) is 5.91 Å². The molecule has 1 aromatic heterocycles. The summed E-state index contributed by atoms with van der Waals surface area (Å²) in [5.41, 5.74) is 0. The molecule has 3 amide bonds. The molecule has 1 aromatic rings. The van der Waals surface area contributed by atoms with Crippen molar-refractivity contribution in [1.29, 1.82) is 0 Å². The second-order valence-electron chi connectivity index (χ2n) is 5.45. The molecule has 7 heteroatoms. The van der Waals surface area contributed by atoms with Crippen LogP contribution in [0.5, 0.6) is 0 Å². The fourth-order valence-corrected chi connectivity index (χ4v) is 3.24. The normalized spacial score (nSPS) is 17.9. The standard InChI is InChI=1S/C15H24N4O2S/c1-12(14(20)17-15(21)16-2)19-9-7-18(8-10-19)6-5-13-4-3-11-22-13/h3-4,11-12H,5-10H2,1-2H3,(H2,16,17,20,21)/t12-/m0/s1. The third kappa shape index (κ3) is 4.79. The minimum Gasteiger partial charge on any atom is -0.341 e. The predicted molar refractivity (Wildman–Crippen MR) is 88.1 cm³/mol.